The van der Waals surface area contributed by atoms with Crippen molar-refractivity contribution in [1.29, 1.82) is 0 Å². The molecule has 2 aromatic rings. The van der Waals surface area contributed by atoms with Crippen LogP contribution >= 0.6 is 0 Å². The molecule has 2 saturated heterocycles. The second kappa shape index (κ2) is 11.4. The molecule has 0 aliphatic carbocycles. The lowest BCUT2D eigenvalue weighted by Crippen LogP contribution is -2.46. The maximum absolute atomic E-state index is 13.3. The van der Waals surface area contributed by atoms with Gasteiger partial charge in [0, 0.05) is 50.4 Å². The Morgan fingerprint density at radius 1 is 1.06 bits per heavy atom. The lowest BCUT2D eigenvalue weighted by atomic mass is 9.88. The van der Waals surface area contributed by atoms with Crippen LogP contribution in [0.15, 0.2) is 47.9 Å². The first-order chi connectivity index (χ1) is 16.6. The predicted molar refractivity (Wildman–Crippen MR) is 134 cm³/mol. The zero-order valence-corrected chi connectivity index (χ0v) is 20.5. The summed E-state index contributed by atoms with van der Waals surface area (Å²) in [7, 11) is 3.46. The number of anilines is 1. The van der Waals surface area contributed by atoms with E-state index in [0.717, 1.165) is 69.1 Å². The highest BCUT2D eigenvalue weighted by molar-refractivity contribution is 6.00. The number of aromatic nitrogens is 2. The number of nitrogens with zero attached hydrogens (tertiary/aromatic N) is 5. The minimum absolute atomic E-state index is 0.119. The highest BCUT2D eigenvalue weighted by Crippen LogP contribution is 2.30. The van der Waals surface area contributed by atoms with Crippen molar-refractivity contribution in [2.75, 3.05) is 45.7 Å². The van der Waals surface area contributed by atoms with E-state index in [1.165, 1.54) is 5.56 Å². The van der Waals surface area contributed by atoms with Gasteiger partial charge in [-0.3, -0.25) is 14.7 Å². The van der Waals surface area contributed by atoms with Gasteiger partial charge in [0.1, 0.15) is 18.6 Å². The monoisotopic (exact) mass is 464 g/mol. The van der Waals surface area contributed by atoms with Crippen LogP contribution in [0.2, 0.25) is 0 Å². The van der Waals surface area contributed by atoms with Gasteiger partial charge in [0.2, 0.25) is 5.91 Å². The van der Waals surface area contributed by atoms with E-state index < -0.39 is 0 Å². The highest BCUT2D eigenvalue weighted by atomic mass is 16.6. The van der Waals surface area contributed by atoms with Crippen LogP contribution in [0.1, 0.15) is 49.9 Å². The second-order valence-corrected chi connectivity index (χ2v) is 9.18. The Balaban J connectivity index is 1.29. The summed E-state index contributed by atoms with van der Waals surface area (Å²) in [4.78, 5) is 31.7. The Morgan fingerprint density at radius 2 is 1.79 bits per heavy atom. The van der Waals surface area contributed by atoms with Crippen molar-refractivity contribution in [1.82, 2.24) is 19.8 Å². The smallest absolute Gasteiger partial charge is 0.225 e. The van der Waals surface area contributed by atoms with E-state index in [1.54, 1.807) is 13.3 Å². The number of nitrogens with one attached hydrogen (secondary N) is 1. The molecule has 4 rings (SSSR count). The average molecular weight is 465 g/mol. The molecule has 0 bridgehead atoms. The van der Waals surface area contributed by atoms with Gasteiger partial charge in [0.25, 0.3) is 0 Å². The first kappa shape index (κ1) is 24.1. The molecule has 8 nitrogen and oxygen atoms in total. The maximum Gasteiger partial charge on any atom is 0.225 e. The van der Waals surface area contributed by atoms with E-state index in [2.05, 4.69) is 49.3 Å². The molecule has 8 heteroatoms. The van der Waals surface area contributed by atoms with Crippen LogP contribution in [-0.4, -0.2) is 71.7 Å². The number of amides is 1. The summed E-state index contributed by atoms with van der Waals surface area (Å²) in [6.07, 6.45) is 7.23. The van der Waals surface area contributed by atoms with Gasteiger partial charge in [-0.1, -0.05) is 11.2 Å². The van der Waals surface area contributed by atoms with Crippen molar-refractivity contribution in [3.05, 3.63) is 54.0 Å². The largest absolute Gasteiger partial charge is 0.399 e. The molecule has 1 atom stereocenters. The number of likely N-dealkylation sites (tertiary alicyclic amines) is 2. The average Bonchev–Trinajstić information content (AvgIpc) is 2.91. The van der Waals surface area contributed by atoms with Crippen LogP contribution in [0.25, 0.3) is 0 Å². The second-order valence-electron chi connectivity index (χ2n) is 9.18. The molecule has 1 N–H and O–H groups in total. The quantitative estimate of drug-likeness (QED) is 0.498. The highest BCUT2D eigenvalue weighted by Gasteiger charge is 2.33. The zero-order chi connectivity index (χ0) is 23.9. The molecule has 1 amide bonds. The third kappa shape index (κ3) is 5.55. The Morgan fingerprint density at radius 3 is 2.44 bits per heavy atom. The van der Waals surface area contributed by atoms with Crippen molar-refractivity contribution in [2.45, 2.75) is 38.6 Å². The number of hydrogen-bond acceptors (Lipinski definition) is 7. The zero-order valence-electron chi connectivity index (χ0n) is 20.5. The molecular weight excluding hydrogens is 428 g/mol. The van der Waals surface area contributed by atoms with Gasteiger partial charge in [-0.05, 0) is 75.5 Å². The fourth-order valence-corrected chi connectivity index (χ4v) is 5.16. The molecule has 0 spiro atoms. The van der Waals surface area contributed by atoms with Crippen molar-refractivity contribution >= 4 is 17.4 Å². The van der Waals surface area contributed by atoms with Crippen LogP contribution in [0, 0.1) is 11.8 Å². The summed E-state index contributed by atoms with van der Waals surface area (Å²) < 4.78 is 0. The number of carbonyl (C=O) groups excluding carboxylic acids is 1. The first-order valence-electron chi connectivity index (χ1n) is 12.3. The number of oxime groups is 1. The Labute approximate surface area is 202 Å². The molecular formula is C26H36N6O2. The van der Waals surface area contributed by atoms with E-state index in [9.17, 15) is 4.79 Å². The summed E-state index contributed by atoms with van der Waals surface area (Å²) in [5.74, 6) is 1.58. The van der Waals surface area contributed by atoms with E-state index >= 15 is 0 Å². The lowest BCUT2D eigenvalue weighted by Gasteiger charge is -2.39. The third-order valence-electron chi connectivity index (χ3n) is 7.26. The molecule has 2 aliphatic rings. The Bertz CT molecular complexity index is 966. The maximum atomic E-state index is 13.3. The number of carbonyl (C=O) groups is 1. The summed E-state index contributed by atoms with van der Waals surface area (Å²) >= 11 is 0. The van der Waals surface area contributed by atoms with Crippen LogP contribution in [0.4, 0.5) is 5.82 Å². The Kier molecular flexibility index (Phi) is 8.11. The van der Waals surface area contributed by atoms with Crippen molar-refractivity contribution in [3.63, 3.8) is 0 Å². The molecule has 0 unspecified atom stereocenters. The fourth-order valence-electron chi connectivity index (χ4n) is 5.16. The van der Waals surface area contributed by atoms with Gasteiger partial charge in [0.15, 0.2) is 0 Å². The summed E-state index contributed by atoms with van der Waals surface area (Å²) in [5.41, 5.74) is 2.99. The summed E-state index contributed by atoms with van der Waals surface area (Å²) in [6, 6.07) is 10.3. The van der Waals surface area contributed by atoms with Crippen LogP contribution in [0.5, 0.6) is 0 Å². The fraction of sp³-hybridized carbons (Fsp3) is 0.538. The van der Waals surface area contributed by atoms with Gasteiger partial charge < -0.3 is 15.1 Å². The van der Waals surface area contributed by atoms with Gasteiger partial charge in [-0.2, -0.15) is 0 Å². The van der Waals surface area contributed by atoms with Gasteiger partial charge in [-0.25, -0.2) is 4.98 Å². The number of rotatable bonds is 7. The molecule has 0 radical (unpaired) electrons. The molecule has 4 heterocycles. The molecule has 182 valence electrons. The van der Waals surface area contributed by atoms with Gasteiger partial charge >= 0.3 is 0 Å². The molecule has 0 aromatic carbocycles. The van der Waals surface area contributed by atoms with Crippen LogP contribution in [0.3, 0.4) is 0 Å². The minimum atomic E-state index is 0.119. The van der Waals surface area contributed by atoms with E-state index in [-0.39, 0.29) is 11.8 Å². The van der Waals surface area contributed by atoms with Crippen LogP contribution in [-0.2, 0) is 9.63 Å². The standard InChI is InChI=1S/C26H36N6O2/c1-19(22-7-13-29-24(18-22)27-2)31-14-10-21(11-15-31)26(33)32-16-8-20(9-17-32)25(30-34-3)23-6-4-5-12-28-23/h4-7,12-13,18-21H,8-11,14-17H2,1-3H3,(H,27,29)/b30-25+/t19-/m0/s1. The molecule has 34 heavy (non-hydrogen) atoms. The minimum Gasteiger partial charge on any atom is -0.399 e. The van der Waals surface area contributed by atoms with Crippen molar-refractivity contribution in [3.8, 4) is 0 Å². The Hall–Kier alpha value is -3.00. The normalized spacial score (nSPS) is 19.6. The van der Waals surface area contributed by atoms with Crippen molar-refractivity contribution < 1.29 is 9.63 Å². The summed E-state index contributed by atoms with van der Waals surface area (Å²) in [5, 5.41) is 7.39. The van der Waals surface area contributed by atoms with Gasteiger partial charge in [0.05, 0.1) is 5.69 Å². The lowest BCUT2D eigenvalue weighted by molar-refractivity contribution is -0.138. The van der Waals surface area contributed by atoms with E-state index in [4.69, 9.17) is 4.84 Å². The SMILES string of the molecule is CNc1cc([C@H](C)N2CCC(C(=O)N3CCC(/C(=N\OC)c4ccccn4)CC3)CC2)ccn1. The number of pyridine rings is 2. The summed E-state index contributed by atoms with van der Waals surface area (Å²) in [6.45, 7) is 5.65. The van der Waals surface area contributed by atoms with Crippen molar-refractivity contribution in [2.24, 2.45) is 17.0 Å². The van der Waals surface area contributed by atoms with E-state index in [0.29, 0.717) is 11.9 Å². The van der Waals surface area contributed by atoms with E-state index in [1.807, 2.05) is 31.4 Å². The predicted octanol–water partition coefficient (Wildman–Crippen LogP) is 3.58. The number of piperidine rings is 2. The third-order valence-corrected chi connectivity index (χ3v) is 7.26. The molecule has 2 aromatic heterocycles. The topological polar surface area (TPSA) is 83.0 Å². The first-order valence-corrected chi connectivity index (χ1v) is 12.3. The van der Waals surface area contributed by atoms with Gasteiger partial charge in [-0.15, -0.1) is 0 Å². The molecule has 2 aliphatic heterocycles. The molecule has 0 saturated carbocycles. The number of hydrogen-bond donors (Lipinski definition) is 1. The van der Waals surface area contributed by atoms with Crippen LogP contribution < -0.4 is 5.32 Å². The molecule has 2 fully saturated rings.